The monoisotopic (exact) mass is 354 g/mol. The fourth-order valence-corrected chi connectivity index (χ4v) is 2.74. The number of rotatable bonds is 4. The number of benzene rings is 1. The molecule has 1 fully saturated rings. The summed E-state index contributed by atoms with van der Waals surface area (Å²) in [5.74, 6) is -0.564. The van der Waals surface area contributed by atoms with E-state index in [1.54, 1.807) is 4.90 Å². The van der Waals surface area contributed by atoms with Crippen LogP contribution in [-0.2, 0) is 11.3 Å². The Morgan fingerprint density at radius 3 is 2.43 bits per heavy atom. The summed E-state index contributed by atoms with van der Waals surface area (Å²) in [6.07, 6.45) is 1.73. The van der Waals surface area contributed by atoms with Gasteiger partial charge in [-0.05, 0) is 36.5 Å². The number of amides is 2. The van der Waals surface area contributed by atoms with Crippen LogP contribution in [0.5, 0.6) is 0 Å². The number of halogens is 1. The second kappa shape index (κ2) is 7.45. The van der Waals surface area contributed by atoms with Gasteiger partial charge < -0.3 is 15.3 Å². The zero-order valence-electron chi connectivity index (χ0n) is 11.7. The molecule has 1 heterocycles. The van der Waals surface area contributed by atoms with E-state index in [2.05, 4.69) is 21.2 Å². The summed E-state index contributed by atoms with van der Waals surface area (Å²) >= 11 is 3.37. The van der Waals surface area contributed by atoms with Gasteiger partial charge in [0.05, 0.1) is 0 Å². The Morgan fingerprint density at radius 1 is 1.24 bits per heavy atom. The van der Waals surface area contributed by atoms with Crippen LogP contribution in [-0.4, -0.2) is 35.1 Å². The molecule has 0 aliphatic carbocycles. The van der Waals surface area contributed by atoms with Crippen LogP contribution in [0.1, 0.15) is 24.8 Å². The molecule has 2 rings (SSSR count). The third-order valence-electron chi connectivity index (χ3n) is 3.72. The predicted octanol–water partition coefficient (Wildman–Crippen LogP) is 2.85. The van der Waals surface area contributed by atoms with E-state index in [1.165, 1.54) is 0 Å². The number of hydrogen-bond donors (Lipinski definition) is 2. The molecule has 0 spiro atoms. The van der Waals surface area contributed by atoms with Crippen LogP contribution in [0.25, 0.3) is 0 Å². The number of carbonyl (C=O) groups excluding carboxylic acids is 1. The van der Waals surface area contributed by atoms with Crippen molar-refractivity contribution in [3.8, 4) is 0 Å². The minimum Gasteiger partial charge on any atom is -0.481 e. The minimum absolute atomic E-state index is 0.0771. The van der Waals surface area contributed by atoms with Crippen molar-refractivity contribution in [1.29, 1.82) is 0 Å². The number of aliphatic carboxylic acids is 1. The Morgan fingerprint density at radius 2 is 1.86 bits per heavy atom. The maximum absolute atomic E-state index is 12.1. The highest BCUT2D eigenvalue weighted by molar-refractivity contribution is 9.10. The smallest absolute Gasteiger partial charge is 0.317 e. The molecule has 1 aromatic rings. The zero-order chi connectivity index (χ0) is 15.2. The summed E-state index contributed by atoms with van der Waals surface area (Å²) in [6, 6.07) is 7.73. The number of carbonyl (C=O) groups is 2. The van der Waals surface area contributed by atoms with E-state index in [1.807, 2.05) is 24.3 Å². The zero-order valence-corrected chi connectivity index (χ0v) is 13.3. The van der Waals surface area contributed by atoms with E-state index >= 15 is 0 Å². The molecule has 0 atom stereocenters. The fraction of sp³-hybridized carbons (Fsp3) is 0.467. The molecule has 6 heteroatoms. The van der Waals surface area contributed by atoms with Gasteiger partial charge in [-0.2, -0.15) is 0 Å². The molecule has 0 unspecified atom stereocenters. The molecule has 1 aliphatic heterocycles. The lowest BCUT2D eigenvalue weighted by atomic mass is 9.94. The van der Waals surface area contributed by atoms with E-state index in [0.29, 0.717) is 19.6 Å². The first-order valence-electron chi connectivity index (χ1n) is 7.03. The van der Waals surface area contributed by atoms with Crippen molar-refractivity contribution < 1.29 is 14.7 Å². The number of hydrogen-bond acceptors (Lipinski definition) is 2. The van der Waals surface area contributed by atoms with Crippen molar-refractivity contribution in [2.75, 3.05) is 13.1 Å². The predicted molar refractivity (Wildman–Crippen MR) is 82.9 cm³/mol. The van der Waals surface area contributed by atoms with Crippen molar-refractivity contribution in [2.24, 2.45) is 5.92 Å². The number of urea groups is 1. The normalized spacial score (nSPS) is 15.8. The van der Waals surface area contributed by atoms with Crippen molar-refractivity contribution in [2.45, 2.75) is 25.8 Å². The van der Waals surface area contributed by atoms with Gasteiger partial charge in [-0.25, -0.2) is 4.79 Å². The Bertz CT molecular complexity index is 496. The summed E-state index contributed by atoms with van der Waals surface area (Å²) in [5.41, 5.74) is 1.05. The molecular weight excluding hydrogens is 336 g/mol. The Kier molecular flexibility index (Phi) is 5.61. The largest absolute Gasteiger partial charge is 0.481 e. The number of nitrogens with one attached hydrogen (secondary N) is 1. The van der Waals surface area contributed by atoms with E-state index < -0.39 is 5.97 Å². The molecule has 1 saturated heterocycles. The van der Waals surface area contributed by atoms with Crippen LogP contribution < -0.4 is 5.32 Å². The van der Waals surface area contributed by atoms with Crippen LogP contribution in [0.4, 0.5) is 4.79 Å². The lowest BCUT2D eigenvalue weighted by molar-refractivity contribution is -0.138. The summed E-state index contributed by atoms with van der Waals surface area (Å²) in [6.45, 7) is 1.76. The molecule has 114 valence electrons. The highest BCUT2D eigenvalue weighted by Gasteiger charge is 2.23. The number of nitrogens with zero attached hydrogens (tertiary/aromatic N) is 1. The number of carboxylic acid groups (broad SMARTS) is 1. The van der Waals surface area contributed by atoms with Gasteiger partial charge in [0, 0.05) is 30.5 Å². The molecule has 0 bridgehead atoms. The van der Waals surface area contributed by atoms with E-state index in [-0.39, 0.29) is 18.4 Å². The number of piperidine rings is 1. The van der Waals surface area contributed by atoms with Gasteiger partial charge >= 0.3 is 12.0 Å². The molecule has 1 aromatic carbocycles. The van der Waals surface area contributed by atoms with Crippen LogP contribution in [0, 0.1) is 5.92 Å². The van der Waals surface area contributed by atoms with Crippen LogP contribution >= 0.6 is 15.9 Å². The second-order valence-corrected chi connectivity index (χ2v) is 6.23. The standard InChI is InChI=1S/C15H19BrN2O3/c16-13-3-1-12(2-4-13)10-17-15(21)18-7-5-11(6-8-18)9-14(19)20/h1-4,11H,5-10H2,(H,17,21)(H,19,20). The van der Waals surface area contributed by atoms with E-state index in [0.717, 1.165) is 22.9 Å². The average molecular weight is 355 g/mol. The highest BCUT2D eigenvalue weighted by Crippen LogP contribution is 2.20. The van der Waals surface area contributed by atoms with Crippen LogP contribution in [0.2, 0.25) is 0 Å². The van der Waals surface area contributed by atoms with Crippen molar-refractivity contribution in [3.05, 3.63) is 34.3 Å². The minimum atomic E-state index is -0.756. The lowest BCUT2D eigenvalue weighted by Gasteiger charge is -2.31. The molecule has 0 saturated carbocycles. The molecule has 0 radical (unpaired) electrons. The SMILES string of the molecule is O=C(O)CC1CCN(C(=O)NCc2ccc(Br)cc2)CC1. The number of carboxylic acids is 1. The number of likely N-dealkylation sites (tertiary alicyclic amines) is 1. The summed E-state index contributed by atoms with van der Waals surface area (Å²) in [7, 11) is 0. The Labute approximate surface area is 132 Å². The lowest BCUT2D eigenvalue weighted by Crippen LogP contribution is -2.44. The van der Waals surface area contributed by atoms with Gasteiger partial charge in [-0.1, -0.05) is 28.1 Å². The van der Waals surface area contributed by atoms with Gasteiger partial charge in [0.15, 0.2) is 0 Å². The summed E-state index contributed by atoms with van der Waals surface area (Å²) < 4.78 is 1.01. The topological polar surface area (TPSA) is 69.6 Å². The molecule has 21 heavy (non-hydrogen) atoms. The molecule has 0 aromatic heterocycles. The van der Waals surface area contributed by atoms with Gasteiger partial charge in [-0.3, -0.25) is 4.79 Å². The van der Waals surface area contributed by atoms with Crippen molar-refractivity contribution in [1.82, 2.24) is 10.2 Å². The van der Waals surface area contributed by atoms with Crippen molar-refractivity contribution in [3.63, 3.8) is 0 Å². The molecule has 2 amide bonds. The molecular formula is C15H19BrN2O3. The maximum atomic E-state index is 12.1. The summed E-state index contributed by atoms with van der Waals surface area (Å²) in [5, 5.41) is 11.7. The van der Waals surface area contributed by atoms with Gasteiger partial charge in [0.2, 0.25) is 0 Å². The maximum Gasteiger partial charge on any atom is 0.317 e. The van der Waals surface area contributed by atoms with Gasteiger partial charge in [0.25, 0.3) is 0 Å². The van der Waals surface area contributed by atoms with Crippen LogP contribution in [0.15, 0.2) is 28.7 Å². The second-order valence-electron chi connectivity index (χ2n) is 5.31. The third kappa shape index (κ3) is 5.04. The summed E-state index contributed by atoms with van der Waals surface area (Å²) in [4.78, 5) is 24.5. The Hall–Kier alpha value is -1.56. The van der Waals surface area contributed by atoms with Crippen LogP contribution in [0.3, 0.4) is 0 Å². The van der Waals surface area contributed by atoms with Gasteiger partial charge in [-0.15, -0.1) is 0 Å². The molecule has 5 nitrogen and oxygen atoms in total. The van der Waals surface area contributed by atoms with Crippen molar-refractivity contribution >= 4 is 27.9 Å². The van der Waals surface area contributed by atoms with E-state index in [4.69, 9.17) is 5.11 Å². The first-order valence-corrected chi connectivity index (χ1v) is 7.83. The third-order valence-corrected chi connectivity index (χ3v) is 4.25. The quantitative estimate of drug-likeness (QED) is 0.873. The Balaban J connectivity index is 1.74. The molecule has 1 aliphatic rings. The van der Waals surface area contributed by atoms with E-state index in [9.17, 15) is 9.59 Å². The fourth-order valence-electron chi connectivity index (χ4n) is 2.48. The molecule has 2 N–H and O–H groups in total. The first-order chi connectivity index (χ1) is 10.0. The first kappa shape index (κ1) is 15.8. The highest BCUT2D eigenvalue weighted by atomic mass is 79.9. The average Bonchev–Trinajstić information content (AvgIpc) is 2.46. The van der Waals surface area contributed by atoms with Gasteiger partial charge in [0.1, 0.15) is 0 Å².